The Morgan fingerprint density at radius 2 is 2.00 bits per heavy atom. The van der Waals surface area contributed by atoms with Gasteiger partial charge >= 0.3 is 0 Å². The second-order valence-electron chi connectivity index (χ2n) is 5.92. The monoisotopic (exact) mass is 263 g/mol. The summed E-state index contributed by atoms with van der Waals surface area (Å²) in [7, 11) is 4.27. The zero-order valence-electron chi connectivity index (χ0n) is 12.6. The maximum atomic E-state index is 6.03. The van der Waals surface area contributed by atoms with Crippen LogP contribution < -0.4 is 10.6 Å². The Labute approximate surface area is 115 Å². The Bertz CT molecular complexity index is 455. The second kappa shape index (κ2) is 5.33. The lowest BCUT2D eigenvalue weighted by Gasteiger charge is -2.23. The first-order valence-corrected chi connectivity index (χ1v) is 6.95. The molecule has 1 saturated heterocycles. The van der Waals surface area contributed by atoms with Crippen LogP contribution in [0.4, 0.5) is 11.6 Å². The van der Waals surface area contributed by atoms with E-state index in [-0.39, 0.29) is 0 Å². The van der Waals surface area contributed by atoms with Crippen LogP contribution in [0, 0.1) is 6.92 Å². The SMILES string of the molecule is Cc1c(N)nc(C(C)C)nc1N1CCC(N(C)C)C1. The Hall–Kier alpha value is -1.36. The summed E-state index contributed by atoms with van der Waals surface area (Å²) in [5.41, 5.74) is 7.04. The maximum Gasteiger partial charge on any atom is 0.137 e. The minimum absolute atomic E-state index is 0.300. The average Bonchev–Trinajstić information content (AvgIpc) is 2.81. The summed E-state index contributed by atoms with van der Waals surface area (Å²) in [5.74, 6) is 2.77. The smallest absolute Gasteiger partial charge is 0.137 e. The maximum absolute atomic E-state index is 6.03. The van der Waals surface area contributed by atoms with Gasteiger partial charge in [0.05, 0.1) is 0 Å². The molecule has 1 aliphatic rings. The van der Waals surface area contributed by atoms with E-state index in [0.29, 0.717) is 17.8 Å². The third-order valence-corrected chi connectivity index (χ3v) is 3.88. The molecule has 2 heterocycles. The first kappa shape index (κ1) is 14.1. The molecule has 5 heteroatoms. The number of anilines is 2. The van der Waals surface area contributed by atoms with Crippen molar-refractivity contribution in [3.05, 3.63) is 11.4 Å². The Balaban J connectivity index is 2.30. The molecule has 0 aliphatic carbocycles. The molecule has 1 aromatic rings. The molecular formula is C14H25N5. The lowest BCUT2D eigenvalue weighted by Crippen LogP contribution is -2.32. The number of nitrogen functional groups attached to an aromatic ring is 1. The van der Waals surface area contributed by atoms with E-state index in [1.54, 1.807) is 0 Å². The van der Waals surface area contributed by atoms with Crippen molar-refractivity contribution in [1.82, 2.24) is 14.9 Å². The van der Waals surface area contributed by atoms with Gasteiger partial charge in [-0.05, 0) is 27.4 Å². The number of aromatic nitrogens is 2. The Morgan fingerprint density at radius 3 is 2.53 bits per heavy atom. The summed E-state index contributed by atoms with van der Waals surface area (Å²) in [5, 5.41) is 0. The highest BCUT2D eigenvalue weighted by Gasteiger charge is 2.27. The van der Waals surface area contributed by atoms with Crippen LogP contribution >= 0.6 is 0 Å². The third-order valence-electron chi connectivity index (χ3n) is 3.88. The topological polar surface area (TPSA) is 58.3 Å². The molecular weight excluding hydrogens is 238 g/mol. The van der Waals surface area contributed by atoms with Gasteiger partial charge in [-0.15, -0.1) is 0 Å². The van der Waals surface area contributed by atoms with Crippen LogP contribution in [-0.4, -0.2) is 48.1 Å². The fourth-order valence-electron chi connectivity index (χ4n) is 2.46. The average molecular weight is 263 g/mol. The highest BCUT2D eigenvalue weighted by molar-refractivity contribution is 5.57. The van der Waals surface area contributed by atoms with E-state index < -0.39 is 0 Å². The van der Waals surface area contributed by atoms with Gasteiger partial charge in [0.15, 0.2) is 0 Å². The van der Waals surface area contributed by atoms with Crippen LogP contribution in [0.3, 0.4) is 0 Å². The first-order valence-electron chi connectivity index (χ1n) is 6.95. The predicted octanol–water partition coefficient (Wildman–Crippen LogP) is 1.63. The van der Waals surface area contributed by atoms with Crippen molar-refractivity contribution in [2.75, 3.05) is 37.8 Å². The molecule has 0 aromatic carbocycles. The standard InChI is InChI=1S/C14H25N5/c1-9(2)13-16-12(15)10(3)14(17-13)19-7-6-11(8-19)18(4)5/h9,11H,6-8H2,1-5H3,(H2,15,16,17). The van der Waals surface area contributed by atoms with E-state index in [1.165, 1.54) is 6.42 Å². The van der Waals surface area contributed by atoms with Crippen molar-refractivity contribution in [2.24, 2.45) is 0 Å². The Kier molecular flexibility index (Phi) is 3.94. The molecule has 1 atom stereocenters. The molecule has 2 N–H and O–H groups in total. The number of nitrogens with two attached hydrogens (primary N) is 1. The number of rotatable bonds is 3. The van der Waals surface area contributed by atoms with Crippen molar-refractivity contribution in [3.63, 3.8) is 0 Å². The highest BCUT2D eigenvalue weighted by Crippen LogP contribution is 2.27. The lowest BCUT2D eigenvalue weighted by molar-refractivity contribution is 0.315. The van der Waals surface area contributed by atoms with E-state index in [1.807, 2.05) is 6.92 Å². The van der Waals surface area contributed by atoms with Crippen molar-refractivity contribution >= 4 is 11.6 Å². The molecule has 106 valence electrons. The van der Waals surface area contributed by atoms with Gasteiger partial charge in [0, 0.05) is 30.6 Å². The van der Waals surface area contributed by atoms with Gasteiger partial charge in [-0.25, -0.2) is 9.97 Å². The summed E-state index contributed by atoms with van der Waals surface area (Å²) < 4.78 is 0. The zero-order valence-corrected chi connectivity index (χ0v) is 12.6. The predicted molar refractivity (Wildman–Crippen MR) is 79.6 cm³/mol. The first-order chi connectivity index (χ1) is 8.90. The van der Waals surface area contributed by atoms with Crippen molar-refractivity contribution < 1.29 is 0 Å². The summed E-state index contributed by atoms with van der Waals surface area (Å²) in [4.78, 5) is 13.7. The van der Waals surface area contributed by atoms with Crippen molar-refractivity contribution in [1.29, 1.82) is 0 Å². The van der Waals surface area contributed by atoms with Gasteiger partial charge in [0.2, 0.25) is 0 Å². The molecule has 0 radical (unpaired) electrons. The summed E-state index contributed by atoms with van der Waals surface area (Å²) in [6, 6.07) is 0.595. The number of likely N-dealkylation sites (N-methyl/N-ethyl adjacent to an activating group) is 1. The van der Waals surface area contributed by atoms with Crippen LogP contribution in [-0.2, 0) is 0 Å². The van der Waals surface area contributed by atoms with Gasteiger partial charge in [-0.1, -0.05) is 13.8 Å². The van der Waals surface area contributed by atoms with E-state index >= 15 is 0 Å². The van der Waals surface area contributed by atoms with Crippen LogP contribution in [0.1, 0.15) is 37.6 Å². The van der Waals surface area contributed by atoms with E-state index in [0.717, 1.165) is 30.3 Å². The number of hydrogen-bond acceptors (Lipinski definition) is 5. The van der Waals surface area contributed by atoms with E-state index in [9.17, 15) is 0 Å². The van der Waals surface area contributed by atoms with Crippen LogP contribution in [0.15, 0.2) is 0 Å². The Morgan fingerprint density at radius 1 is 1.32 bits per heavy atom. The van der Waals surface area contributed by atoms with Gasteiger partial charge in [0.1, 0.15) is 17.5 Å². The summed E-state index contributed by atoms with van der Waals surface area (Å²) in [6.45, 7) is 8.26. The van der Waals surface area contributed by atoms with Crippen molar-refractivity contribution in [3.8, 4) is 0 Å². The molecule has 19 heavy (non-hydrogen) atoms. The minimum Gasteiger partial charge on any atom is -0.383 e. The van der Waals surface area contributed by atoms with E-state index in [4.69, 9.17) is 10.7 Å². The molecule has 1 unspecified atom stereocenters. The molecule has 0 spiro atoms. The molecule has 1 aromatic heterocycles. The van der Waals surface area contributed by atoms with Crippen molar-refractivity contribution in [2.45, 2.75) is 39.2 Å². The van der Waals surface area contributed by atoms with Gasteiger partial charge in [-0.2, -0.15) is 0 Å². The molecule has 2 rings (SSSR count). The second-order valence-corrected chi connectivity index (χ2v) is 5.92. The molecule has 1 aliphatic heterocycles. The third kappa shape index (κ3) is 2.81. The molecule has 0 saturated carbocycles. The van der Waals surface area contributed by atoms with Gasteiger partial charge in [0.25, 0.3) is 0 Å². The van der Waals surface area contributed by atoms with Crippen LogP contribution in [0.2, 0.25) is 0 Å². The number of hydrogen-bond donors (Lipinski definition) is 1. The normalized spacial score (nSPS) is 19.7. The fourth-order valence-corrected chi connectivity index (χ4v) is 2.46. The van der Waals surface area contributed by atoms with Crippen LogP contribution in [0.25, 0.3) is 0 Å². The number of nitrogens with zero attached hydrogens (tertiary/aromatic N) is 4. The van der Waals surface area contributed by atoms with E-state index in [2.05, 4.69) is 42.7 Å². The molecule has 5 nitrogen and oxygen atoms in total. The summed E-state index contributed by atoms with van der Waals surface area (Å²) >= 11 is 0. The summed E-state index contributed by atoms with van der Waals surface area (Å²) in [6.07, 6.45) is 1.17. The molecule has 1 fully saturated rings. The fraction of sp³-hybridized carbons (Fsp3) is 0.714. The highest BCUT2D eigenvalue weighted by atomic mass is 15.3. The van der Waals surface area contributed by atoms with Gasteiger partial charge < -0.3 is 15.5 Å². The molecule has 0 amide bonds. The zero-order chi connectivity index (χ0) is 14.2. The van der Waals surface area contributed by atoms with Crippen LogP contribution in [0.5, 0.6) is 0 Å². The minimum atomic E-state index is 0.300. The van der Waals surface area contributed by atoms with Gasteiger partial charge in [-0.3, -0.25) is 0 Å². The largest absolute Gasteiger partial charge is 0.383 e. The molecule has 0 bridgehead atoms. The quantitative estimate of drug-likeness (QED) is 0.898. The lowest BCUT2D eigenvalue weighted by atomic mass is 10.2.